The molecule has 8 aliphatic rings. The van der Waals surface area contributed by atoms with E-state index in [2.05, 4.69) is 25.3 Å². The van der Waals surface area contributed by atoms with Crippen LogP contribution in [-0.2, 0) is 39.4 Å². The molecule has 10 nitrogen and oxygen atoms in total. The Hall–Kier alpha value is -2.92. The molecule has 8 aliphatic carbocycles. The van der Waals surface area contributed by atoms with Crippen molar-refractivity contribution in [1.82, 2.24) is 0 Å². The third kappa shape index (κ3) is 8.72. The molecule has 8 bridgehead atoms. The van der Waals surface area contributed by atoms with Crippen LogP contribution >= 0.6 is 0 Å². The Kier molecular flexibility index (Phi) is 12.1. The zero-order valence-corrected chi connectivity index (χ0v) is 32.5. The zero-order valence-electron chi connectivity index (χ0n) is 32.5. The number of benzene rings is 1. The van der Waals surface area contributed by atoms with Crippen molar-refractivity contribution in [2.45, 2.75) is 114 Å². The van der Waals surface area contributed by atoms with E-state index < -0.39 is 24.1 Å². The van der Waals surface area contributed by atoms with Crippen molar-refractivity contribution >= 4 is 11.9 Å². The first kappa shape index (κ1) is 39.3. The van der Waals surface area contributed by atoms with Crippen LogP contribution < -0.4 is 9.47 Å². The van der Waals surface area contributed by atoms with E-state index in [1.807, 2.05) is 0 Å². The normalized spacial score (nSPS) is 32.6. The predicted molar refractivity (Wildman–Crippen MR) is 202 cm³/mol. The summed E-state index contributed by atoms with van der Waals surface area (Å²) in [5.41, 5.74) is 3.57. The van der Waals surface area contributed by atoms with Crippen LogP contribution in [0.3, 0.4) is 0 Å². The van der Waals surface area contributed by atoms with Crippen molar-refractivity contribution < 1.29 is 48.2 Å². The Morgan fingerprint density at radius 1 is 0.630 bits per heavy atom. The van der Waals surface area contributed by atoms with E-state index in [1.54, 1.807) is 13.8 Å². The summed E-state index contributed by atoms with van der Waals surface area (Å²) in [6.07, 6.45) is 13.5. The van der Waals surface area contributed by atoms with Gasteiger partial charge >= 0.3 is 11.9 Å². The molecule has 8 saturated carbocycles. The van der Waals surface area contributed by atoms with E-state index in [-0.39, 0.29) is 63.7 Å². The third-order valence-electron chi connectivity index (χ3n) is 13.4. The molecule has 298 valence electrons. The van der Waals surface area contributed by atoms with Gasteiger partial charge in [-0.2, -0.15) is 0 Å². The molecule has 0 heterocycles. The maximum atomic E-state index is 11.7. The van der Waals surface area contributed by atoms with Gasteiger partial charge < -0.3 is 38.6 Å². The van der Waals surface area contributed by atoms with E-state index in [1.165, 1.54) is 88.2 Å². The van der Waals surface area contributed by atoms with E-state index in [4.69, 9.17) is 28.4 Å². The van der Waals surface area contributed by atoms with Crippen molar-refractivity contribution in [2.24, 2.45) is 35.5 Å². The van der Waals surface area contributed by atoms with Crippen molar-refractivity contribution in [2.75, 3.05) is 52.9 Å². The maximum absolute atomic E-state index is 11.7. The highest BCUT2D eigenvalue weighted by atomic mass is 16.6. The van der Waals surface area contributed by atoms with Gasteiger partial charge in [-0.25, -0.2) is 9.59 Å². The van der Waals surface area contributed by atoms with Gasteiger partial charge in [0.25, 0.3) is 0 Å². The van der Waals surface area contributed by atoms with E-state index in [0.717, 1.165) is 41.3 Å². The van der Waals surface area contributed by atoms with E-state index in [0.29, 0.717) is 16.9 Å². The van der Waals surface area contributed by atoms with Crippen molar-refractivity contribution in [3.05, 3.63) is 47.6 Å². The van der Waals surface area contributed by atoms with Crippen LogP contribution in [0.4, 0.5) is 0 Å². The number of aliphatic hydroxyl groups excluding tert-OH is 2. The van der Waals surface area contributed by atoms with Gasteiger partial charge in [0.15, 0.2) is 11.5 Å². The first-order valence-corrected chi connectivity index (χ1v) is 20.5. The molecule has 9 rings (SSSR count). The lowest BCUT2D eigenvalue weighted by Crippen LogP contribution is -2.52. The first-order valence-electron chi connectivity index (χ1n) is 20.5. The van der Waals surface area contributed by atoms with Crippen LogP contribution in [0.1, 0.15) is 102 Å². The first-order chi connectivity index (χ1) is 25.9. The van der Waals surface area contributed by atoms with Gasteiger partial charge in [-0.1, -0.05) is 19.2 Å². The molecular weight excluding hydrogens is 688 g/mol. The summed E-state index contributed by atoms with van der Waals surface area (Å²) in [6.45, 7) is 10.9. The molecule has 0 radical (unpaired) electrons. The van der Waals surface area contributed by atoms with Crippen LogP contribution in [0.15, 0.2) is 36.4 Å². The minimum absolute atomic E-state index is 0.000314. The smallest absolute Gasteiger partial charge is 0.333 e. The minimum atomic E-state index is -0.918. The van der Waals surface area contributed by atoms with Crippen LogP contribution in [0.25, 0.3) is 0 Å². The Morgan fingerprint density at radius 3 is 1.46 bits per heavy atom. The van der Waals surface area contributed by atoms with Gasteiger partial charge in [0.05, 0.1) is 26.4 Å². The topological polar surface area (TPSA) is 130 Å². The Balaban J connectivity index is 1.13. The molecule has 10 heteroatoms. The highest BCUT2D eigenvalue weighted by molar-refractivity contribution is 5.87. The molecule has 0 amide bonds. The highest BCUT2D eigenvalue weighted by Gasteiger charge is 2.58. The zero-order chi connectivity index (χ0) is 38.0. The number of rotatable bonds is 20. The summed E-state index contributed by atoms with van der Waals surface area (Å²) in [5.74, 6) is 4.91. The summed E-state index contributed by atoms with van der Waals surface area (Å²) in [7, 11) is 0. The molecule has 0 aromatic heterocycles. The fourth-order valence-corrected chi connectivity index (χ4v) is 12.2. The molecule has 8 fully saturated rings. The van der Waals surface area contributed by atoms with Crippen LogP contribution in [0.2, 0.25) is 0 Å². The van der Waals surface area contributed by atoms with Crippen molar-refractivity contribution in [1.29, 1.82) is 0 Å². The number of carbonyl (C=O) groups is 2. The lowest BCUT2D eigenvalue weighted by molar-refractivity contribution is -0.141. The molecular formula is C44H62O10. The molecule has 1 aromatic carbocycles. The maximum Gasteiger partial charge on any atom is 0.333 e. The molecule has 54 heavy (non-hydrogen) atoms. The second-order valence-electron chi connectivity index (χ2n) is 18.1. The van der Waals surface area contributed by atoms with Gasteiger partial charge in [0, 0.05) is 22.1 Å². The SMILES string of the molecule is C=C(C)C(=O)OCCOCC(O)COc1ccc(C23CC4CC(CC(C4)C2)C3)c(C23CC4CC(CC(C4)C2)C3)c1OCC(O)COCCOC(=O)C(=C)C. The molecule has 2 unspecified atom stereocenters. The second kappa shape index (κ2) is 16.7. The molecule has 2 atom stereocenters. The standard InChI is InChI=1S/C44H62O10/c1-27(2)41(47)51-9-7-49-23-35(45)25-53-38-6-5-37(43-17-29-11-30(18-43)13-31(12-29)19-43)39(44-20-32-14-33(21-44)16-34(15-32)22-44)40(38)54-26-36(46)24-50-8-10-52-42(48)28(3)4/h5-6,29-36,45-46H,1,3,7-26H2,2,4H3. The fraction of sp³-hybridized carbons (Fsp3) is 0.727. The number of hydrogen-bond donors (Lipinski definition) is 2. The van der Waals surface area contributed by atoms with E-state index in [9.17, 15) is 19.8 Å². The van der Waals surface area contributed by atoms with Crippen LogP contribution in [0.5, 0.6) is 11.5 Å². The summed E-state index contributed by atoms with van der Waals surface area (Å²) < 4.78 is 34.8. The van der Waals surface area contributed by atoms with Crippen molar-refractivity contribution in [3.8, 4) is 11.5 Å². The largest absolute Gasteiger partial charge is 0.487 e. The Morgan fingerprint density at radius 2 is 1.04 bits per heavy atom. The van der Waals surface area contributed by atoms with Crippen LogP contribution in [0, 0.1) is 35.5 Å². The van der Waals surface area contributed by atoms with Gasteiger partial charge in [-0.3, -0.25) is 0 Å². The highest BCUT2D eigenvalue weighted by Crippen LogP contribution is 2.67. The van der Waals surface area contributed by atoms with Gasteiger partial charge in [0.2, 0.25) is 0 Å². The Labute approximate surface area is 320 Å². The summed E-state index contributed by atoms with van der Waals surface area (Å²) >= 11 is 0. The summed E-state index contributed by atoms with van der Waals surface area (Å²) in [5, 5.41) is 22.1. The van der Waals surface area contributed by atoms with Crippen LogP contribution in [-0.4, -0.2) is 87.2 Å². The monoisotopic (exact) mass is 750 g/mol. The number of aliphatic hydroxyl groups is 2. The van der Waals surface area contributed by atoms with Gasteiger partial charge in [-0.05, 0) is 143 Å². The van der Waals surface area contributed by atoms with Crippen molar-refractivity contribution in [3.63, 3.8) is 0 Å². The number of carbonyl (C=O) groups excluding carboxylic acids is 2. The average molecular weight is 751 g/mol. The average Bonchev–Trinajstić information content (AvgIpc) is 3.11. The van der Waals surface area contributed by atoms with Gasteiger partial charge in [0.1, 0.15) is 38.6 Å². The van der Waals surface area contributed by atoms with E-state index >= 15 is 0 Å². The number of hydrogen-bond acceptors (Lipinski definition) is 10. The summed E-state index contributed by atoms with van der Waals surface area (Å²) in [6, 6.07) is 4.41. The number of esters is 2. The second-order valence-corrected chi connectivity index (χ2v) is 18.1. The lowest BCUT2D eigenvalue weighted by atomic mass is 9.44. The third-order valence-corrected chi connectivity index (χ3v) is 13.4. The fourth-order valence-electron chi connectivity index (χ4n) is 12.2. The number of ether oxygens (including phenoxy) is 6. The molecule has 2 N–H and O–H groups in total. The van der Waals surface area contributed by atoms with Gasteiger partial charge in [-0.15, -0.1) is 0 Å². The molecule has 0 aliphatic heterocycles. The molecule has 1 aromatic rings. The predicted octanol–water partition coefficient (Wildman–Crippen LogP) is 6.37. The quantitative estimate of drug-likeness (QED) is 0.0881. The Bertz CT molecular complexity index is 1480. The molecule has 0 spiro atoms. The summed E-state index contributed by atoms with van der Waals surface area (Å²) in [4.78, 5) is 23.4. The minimum Gasteiger partial charge on any atom is -0.487 e. The lowest BCUT2D eigenvalue weighted by Gasteiger charge is -2.61. The molecule has 0 saturated heterocycles.